The quantitative estimate of drug-likeness (QED) is 0.920. The number of nitrogens with zero attached hydrogens (tertiary/aromatic N) is 1. The lowest BCUT2D eigenvalue weighted by Crippen LogP contribution is -2.55. The van der Waals surface area contributed by atoms with Crippen molar-refractivity contribution in [2.24, 2.45) is 0 Å². The van der Waals surface area contributed by atoms with E-state index in [1.54, 1.807) is 13.2 Å². The third kappa shape index (κ3) is 3.15. The van der Waals surface area contributed by atoms with Crippen molar-refractivity contribution in [3.8, 4) is 11.5 Å². The van der Waals surface area contributed by atoms with Crippen LogP contribution in [-0.4, -0.2) is 55.1 Å². The van der Waals surface area contributed by atoms with Crippen molar-refractivity contribution in [1.29, 1.82) is 0 Å². The first-order valence-electron chi connectivity index (χ1n) is 7.44. The van der Waals surface area contributed by atoms with E-state index in [9.17, 15) is 5.11 Å². The van der Waals surface area contributed by atoms with Crippen molar-refractivity contribution in [2.45, 2.75) is 31.6 Å². The SMILES string of the molecule is COc1cc(CN2C[C@@H](C)O[C@@]3(CCOC3)C2)ccc1O. The minimum Gasteiger partial charge on any atom is -0.504 e. The molecule has 0 amide bonds. The molecule has 2 fully saturated rings. The summed E-state index contributed by atoms with van der Waals surface area (Å²) in [6, 6.07) is 5.52. The van der Waals surface area contributed by atoms with Crippen LogP contribution in [0.3, 0.4) is 0 Å². The van der Waals surface area contributed by atoms with Crippen LogP contribution in [0.5, 0.6) is 11.5 Å². The number of morpholine rings is 1. The molecule has 2 heterocycles. The predicted octanol–water partition coefficient (Wildman–Crippen LogP) is 1.78. The van der Waals surface area contributed by atoms with Crippen LogP contribution in [0.15, 0.2) is 18.2 Å². The summed E-state index contributed by atoms with van der Waals surface area (Å²) < 4.78 is 16.8. The molecule has 21 heavy (non-hydrogen) atoms. The smallest absolute Gasteiger partial charge is 0.160 e. The molecular weight excluding hydrogens is 270 g/mol. The molecule has 2 aliphatic rings. The fraction of sp³-hybridized carbons (Fsp3) is 0.625. The lowest BCUT2D eigenvalue weighted by molar-refractivity contribution is -0.149. The topological polar surface area (TPSA) is 51.2 Å². The summed E-state index contributed by atoms with van der Waals surface area (Å²) in [6.45, 7) is 6.21. The van der Waals surface area contributed by atoms with E-state index < -0.39 is 0 Å². The molecule has 5 heteroatoms. The number of hydrogen-bond donors (Lipinski definition) is 1. The second kappa shape index (κ2) is 5.83. The Kier molecular flexibility index (Phi) is 4.06. The maximum atomic E-state index is 9.68. The Hall–Kier alpha value is -1.30. The van der Waals surface area contributed by atoms with Crippen molar-refractivity contribution in [3.05, 3.63) is 23.8 Å². The number of rotatable bonds is 3. The van der Waals surface area contributed by atoms with Gasteiger partial charge in [-0.25, -0.2) is 0 Å². The molecule has 2 atom stereocenters. The van der Waals surface area contributed by atoms with Crippen LogP contribution in [0.2, 0.25) is 0 Å². The van der Waals surface area contributed by atoms with E-state index in [0.717, 1.165) is 38.2 Å². The zero-order valence-electron chi connectivity index (χ0n) is 12.7. The van der Waals surface area contributed by atoms with Gasteiger partial charge in [0, 0.05) is 32.7 Å². The summed E-state index contributed by atoms with van der Waals surface area (Å²) in [7, 11) is 1.57. The molecule has 0 aliphatic carbocycles. The molecule has 1 aromatic carbocycles. The molecule has 2 aliphatic heterocycles. The Morgan fingerprint density at radius 3 is 3.05 bits per heavy atom. The van der Waals surface area contributed by atoms with Crippen LogP contribution in [0.4, 0.5) is 0 Å². The number of phenolic OH excluding ortho intramolecular Hbond substituents is 1. The predicted molar refractivity (Wildman–Crippen MR) is 78.6 cm³/mol. The van der Waals surface area contributed by atoms with Gasteiger partial charge in [-0.05, 0) is 24.6 Å². The fourth-order valence-electron chi connectivity index (χ4n) is 3.34. The summed E-state index contributed by atoms with van der Waals surface area (Å²) in [6.07, 6.45) is 1.17. The average molecular weight is 293 g/mol. The zero-order valence-corrected chi connectivity index (χ0v) is 12.7. The first-order chi connectivity index (χ1) is 10.1. The van der Waals surface area contributed by atoms with Gasteiger partial charge in [0.25, 0.3) is 0 Å². The molecule has 116 valence electrons. The van der Waals surface area contributed by atoms with Crippen LogP contribution >= 0.6 is 0 Å². The molecule has 1 N–H and O–H groups in total. The van der Waals surface area contributed by atoms with Crippen molar-refractivity contribution >= 4 is 0 Å². The lowest BCUT2D eigenvalue weighted by Gasteiger charge is -2.43. The largest absolute Gasteiger partial charge is 0.504 e. The van der Waals surface area contributed by atoms with E-state index in [-0.39, 0.29) is 17.5 Å². The highest BCUT2D eigenvalue weighted by molar-refractivity contribution is 5.41. The monoisotopic (exact) mass is 293 g/mol. The second-order valence-corrected chi connectivity index (χ2v) is 6.09. The average Bonchev–Trinajstić information content (AvgIpc) is 2.87. The van der Waals surface area contributed by atoms with E-state index in [2.05, 4.69) is 11.8 Å². The van der Waals surface area contributed by atoms with Gasteiger partial charge in [-0.2, -0.15) is 0 Å². The van der Waals surface area contributed by atoms with E-state index in [1.165, 1.54) is 0 Å². The maximum Gasteiger partial charge on any atom is 0.160 e. The molecule has 1 aromatic rings. The van der Waals surface area contributed by atoms with E-state index >= 15 is 0 Å². The minimum atomic E-state index is -0.140. The fourth-order valence-corrected chi connectivity index (χ4v) is 3.34. The van der Waals surface area contributed by atoms with Crippen molar-refractivity contribution < 1.29 is 19.3 Å². The molecular formula is C16H23NO4. The van der Waals surface area contributed by atoms with E-state index in [1.807, 2.05) is 12.1 Å². The van der Waals surface area contributed by atoms with Gasteiger partial charge in [-0.1, -0.05) is 6.07 Å². The summed E-state index contributed by atoms with van der Waals surface area (Å²) in [5, 5.41) is 9.68. The maximum absolute atomic E-state index is 9.68. The van der Waals surface area contributed by atoms with Crippen LogP contribution in [0, 0.1) is 0 Å². The molecule has 0 radical (unpaired) electrons. The van der Waals surface area contributed by atoms with Gasteiger partial charge in [0.1, 0.15) is 5.60 Å². The Morgan fingerprint density at radius 2 is 2.33 bits per heavy atom. The Balaban J connectivity index is 1.71. The van der Waals surface area contributed by atoms with Gasteiger partial charge in [0.05, 0.1) is 19.8 Å². The molecule has 0 bridgehead atoms. The highest BCUT2D eigenvalue weighted by Crippen LogP contribution is 2.32. The highest BCUT2D eigenvalue weighted by Gasteiger charge is 2.42. The molecule has 3 rings (SSSR count). The summed E-state index contributed by atoms with van der Waals surface area (Å²) in [5.74, 6) is 0.699. The van der Waals surface area contributed by atoms with Crippen molar-refractivity contribution in [3.63, 3.8) is 0 Å². The van der Waals surface area contributed by atoms with Crippen LogP contribution in [-0.2, 0) is 16.0 Å². The first-order valence-corrected chi connectivity index (χ1v) is 7.44. The number of hydrogen-bond acceptors (Lipinski definition) is 5. The van der Waals surface area contributed by atoms with Crippen LogP contribution < -0.4 is 4.74 Å². The number of methoxy groups -OCH3 is 1. The number of aromatic hydroxyl groups is 1. The van der Waals surface area contributed by atoms with Gasteiger partial charge in [-0.3, -0.25) is 4.90 Å². The minimum absolute atomic E-state index is 0.140. The standard InChI is InChI=1S/C16H23NO4/c1-12-8-17(10-16(21-12)5-6-20-11-16)9-13-3-4-14(18)15(7-13)19-2/h3-4,7,12,18H,5-6,8-11H2,1-2H3/t12-,16+/m1/s1. The molecule has 0 saturated carbocycles. The highest BCUT2D eigenvalue weighted by atomic mass is 16.6. The normalized spacial score (nSPS) is 29.9. The van der Waals surface area contributed by atoms with Crippen LogP contribution in [0.25, 0.3) is 0 Å². The Labute approximate surface area is 125 Å². The van der Waals surface area contributed by atoms with Gasteiger partial charge >= 0.3 is 0 Å². The molecule has 0 unspecified atom stereocenters. The number of benzene rings is 1. The third-order valence-corrected chi connectivity index (χ3v) is 4.20. The zero-order chi connectivity index (χ0) is 14.9. The second-order valence-electron chi connectivity index (χ2n) is 6.09. The van der Waals surface area contributed by atoms with Crippen LogP contribution in [0.1, 0.15) is 18.9 Å². The molecule has 5 nitrogen and oxygen atoms in total. The molecule has 1 spiro atoms. The first kappa shape index (κ1) is 14.6. The van der Waals surface area contributed by atoms with Gasteiger partial charge in [0.2, 0.25) is 0 Å². The summed E-state index contributed by atoms with van der Waals surface area (Å²) in [5.41, 5.74) is 0.992. The van der Waals surface area contributed by atoms with E-state index in [0.29, 0.717) is 12.4 Å². The van der Waals surface area contributed by atoms with Gasteiger partial charge < -0.3 is 19.3 Å². The number of ether oxygens (including phenoxy) is 3. The Morgan fingerprint density at radius 1 is 1.48 bits per heavy atom. The van der Waals surface area contributed by atoms with Gasteiger partial charge in [0.15, 0.2) is 11.5 Å². The lowest BCUT2D eigenvalue weighted by atomic mass is 9.99. The van der Waals surface area contributed by atoms with Gasteiger partial charge in [-0.15, -0.1) is 0 Å². The van der Waals surface area contributed by atoms with Crippen molar-refractivity contribution in [2.75, 3.05) is 33.4 Å². The summed E-state index contributed by atoms with van der Waals surface area (Å²) in [4.78, 5) is 2.40. The molecule has 0 aromatic heterocycles. The van der Waals surface area contributed by atoms with Crippen molar-refractivity contribution in [1.82, 2.24) is 4.90 Å². The number of phenols is 1. The Bertz CT molecular complexity index is 499. The van der Waals surface area contributed by atoms with E-state index in [4.69, 9.17) is 14.2 Å². The summed E-state index contributed by atoms with van der Waals surface area (Å²) >= 11 is 0. The molecule has 2 saturated heterocycles. The third-order valence-electron chi connectivity index (χ3n) is 4.20.